The summed E-state index contributed by atoms with van der Waals surface area (Å²) in [6.07, 6.45) is 0.149. The molecule has 0 fully saturated rings. The molecular formula is C19H20Cl2N2O2. The summed E-state index contributed by atoms with van der Waals surface area (Å²) in [7, 11) is 0. The van der Waals surface area contributed by atoms with Crippen molar-refractivity contribution in [3.63, 3.8) is 0 Å². The summed E-state index contributed by atoms with van der Waals surface area (Å²) in [5.74, 6) is -0.375. The van der Waals surface area contributed by atoms with Crippen LogP contribution in [0.5, 0.6) is 0 Å². The topological polar surface area (TPSA) is 49.4 Å². The molecule has 2 amide bonds. The number of hydrogen-bond acceptors (Lipinski definition) is 2. The lowest BCUT2D eigenvalue weighted by atomic mass is 10.1. The van der Waals surface area contributed by atoms with E-state index in [9.17, 15) is 9.59 Å². The number of benzene rings is 2. The van der Waals surface area contributed by atoms with Gasteiger partial charge in [0.25, 0.3) is 0 Å². The van der Waals surface area contributed by atoms with Gasteiger partial charge < -0.3 is 10.2 Å². The molecule has 0 bridgehead atoms. The number of carbonyl (C=O) groups excluding carboxylic acids is 2. The Kier molecular flexibility index (Phi) is 6.45. The highest BCUT2D eigenvalue weighted by Crippen LogP contribution is 2.29. The molecule has 0 aromatic heterocycles. The molecule has 2 aromatic rings. The molecule has 1 N–H and O–H groups in total. The van der Waals surface area contributed by atoms with Gasteiger partial charge in [-0.05, 0) is 43.7 Å². The quantitative estimate of drug-likeness (QED) is 0.796. The van der Waals surface area contributed by atoms with Crippen LogP contribution in [0, 0.1) is 13.8 Å². The Hall–Kier alpha value is -2.04. The predicted molar refractivity (Wildman–Crippen MR) is 104 cm³/mol. The number of amides is 2. The highest BCUT2D eigenvalue weighted by molar-refractivity contribution is 6.35. The molecule has 0 saturated carbocycles. The van der Waals surface area contributed by atoms with Crippen LogP contribution in [0.3, 0.4) is 0 Å². The number of carbonyl (C=O) groups is 2. The molecule has 0 aliphatic rings. The molecule has 6 heteroatoms. The van der Waals surface area contributed by atoms with Gasteiger partial charge in [-0.1, -0.05) is 40.9 Å². The Labute approximate surface area is 157 Å². The molecule has 4 nitrogen and oxygen atoms in total. The third kappa shape index (κ3) is 5.21. The van der Waals surface area contributed by atoms with E-state index in [2.05, 4.69) is 5.32 Å². The number of nitrogens with zero attached hydrogens (tertiary/aromatic N) is 1. The van der Waals surface area contributed by atoms with E-state index < -0.39 is 0 Å². The Morgan fingerprint density at radius 2 is 1.80 bits per heavy atom. The zero-order valence-electron chi connectivity index (χ0n) is 14.4. The SMILES string of the molecule is CC(=O)N(CCC(=O)Nc1ccc(C)cc1C)c1cc(Cl)ccc1Cl. The molecule has 0 heterocycles. The van der Waals surface area contributed by atoms with Crippen molar-refractivity contribution in [2.24, 2.45) is 0 Å². The number of halogens is 2. The van der Waals surface area contributed by atoms with Crippen molar-refractivity contribution in [1.29, 1.82) is 0 Å². The van der Waals surface area contributed by atoms with E-state index in [1.165, 1.54) is 11.8 Å². The minimum atomic E-state index is -0.205. The molecule has 2 rings (SSSR count). The fourth-order valence-electron chi connectivity index (χ4n) is 2.52. The average molecular weight is 379 g/mol. The highest BCUT2D eigenvalue weighted by atomic mass is 35.5. The summed E-state index contributed by atoms with van der Waals surface area (Å²) >= 11 is 12.2. The van der Waals surface area contributed by atoms with Gasteiger partial charge >= 0.3 is 0 Å². The lowest BCUT2D eigenvalue weighted by molar-refractivity contribution is -0.117. The zero-order valence-corrected chi connectivity index (χ0v) is 15.9. The fourth-order valence-corrected chi connectivity index (χ4v) is 2.91. The molecule has 0 spiro atoms. The number of anilines is 2. The standard InChI is InChI=1S/C19H20Cl2N2O2/c1-12-4-7-17(13(2)10-12)22-19(25)8-9-23(14(3)24)18-11-15(20)5-6-16(18)21/h4-7,10-11H,8-9H2,1-3H3,(H,22,25). The maximum Gasteiger partial charge on any atom is 0.226 e. The maximum absolute atomic E-state index is 12.3. The number of nitrogens with one attached hydrogen (secondary N) is 1. The summed E-state index contributed by atoms with van der Waals surface area (Å²) in [6, 6.07) is 10.7. The number of hydrogen-bond donors (Lipinski definition) is 1. The van der Waals surface area contributed by atoms with E-state index in [1.54, 1.807) is 18.2 Å². The van der Waals surface area contributed by atoms with Crippen LogP contribution in [0.25, 0.3) is 0 Å². The zero-order chi connectivity index (χ0) is 18.6. The minimum absolute atomic E-state index is 0.149. The van der Waals surface area contributed by atoms with E-state index in [1.807, 2.05) is 32.0 Å². The molecule has 132 valence electrons. The van der Waals surface area contributed by atoms with Crippen molar-refractivity contribution < 1.29 is 9.59 Å². The number of rotatable bonds is 5. The van der Waals surface area contributed by atoms with E-state index in [0.717, 1.165) is 16.8 Å². The summed E-state index contributed by atoms with van der Waals surface area (Å²) in [5, 5.41) is 3.76. The van der Waals surface area contributed by atoms with Crippen molar-refractivity contribution in [3.8, 4) is 0 Å². The van der Waals surface area contributed by atoms with E-state index in [0.29, 0.717) is 15.7 Å². The van der Waals surface area contributed by atoms with Gasteiger partial charge in [0.1, 0.15) is 0 Å². The molecule has 0 saturated heterocycles. The second-order valence-electron chi connectivity index (χ2n) is 5.88. The van der Waals surface area contributed by atoms with Crippen LogP contribution in [-0.2, 0) is 9.59 Å². The summed E-state index contributed by atoms with van der Waals surface area (Å²) in [6.45, 7) is 5.58. The van der Waals surface area contributed by atoms with Crippen LogP contribution in [0.4, 0.5) is 11.4 Å². The third-order valence-electron chi connectivity index (χ3n) is 3.80. The van der Waals surface area contributed by atoms with Crippen LogP contribution in [0.1, 0.15) is 24.5 Å². The van der Waals surface area contributed by atoms with Crippen molar-refractivity contribution in [1.82, 2.24) is 0 Å². The van der Waals surface area contributed by atoms with Gasteiger partial charge in [0.2, 0.25) is 11.8 Å². The second kappa shape index (κ2) is 8.37. The molecular weight excluding hydrogens is 359 g/mol. The van der Waals surface area contributed by atoms with Crippen LogP contribution in [-0.4, -0.2) is 18.4 Å². The van der Waals surface area contributed by atoms with Crippen LogP contribution < -0.4 is 10.2 Å². The van der Waals surface area contributed by atoms with Crippen molar-refractivity contribution in [2.75, 3.05) is 16.8 Å². The maximum atomic E-state index is 12.3. The normalized spacial score (nSPS) is 10.4. The Bertz CT molecular complexity index is 806. The Morgan fingerprint density at radius 1 is 1.08 bits per heavy atom. The minimum Gasteiger partial charge on any atom is -0.326 e. The van der Waals surface area contributed by atoms with Gasteiger partial charge in [-0.15, -0.1) is 0 Å². The largest absolute Gasteiger partial charge is 0.326 e. The molecule has 0 atom stereocenters. The summed E-state index contributed by atoms with van der Waals surface area (Å²) in [4.78, 5) is 25.7. The van der Waals surface area contributed by atoms with Gasteiger partial charge in [0.15, 0.2) is 0 Å². The monoisotopic (exact) mass is 378 g/mol. The van der Waals surface area contributed by atoms with E-state index in [4.69, 9.17) is 23.2 Å². The Morgan fingerprint density at radius 3 is 2.44 bits per heavy atom. The average Bonchev–Trinajstić information content (AvgIpc) is 2.53. The smallest absolute Gasteiger partial charge is 0.226 e. The third-order valence-corrected chi connectivity index (χ3v) is 4.35. The van der Waals surface area contributed by atoms with Gasteiger partial charge in [-0.2, -0.15) is 0 Å². The van der Waals surface area contributed by atoms with Crippen molar-refractivity contribution in [2.45, 2.75) is 27.2 Å². The van der Waals surface area contributed by atoms with E-state index >= 15 is 0 Å². The fraction of sp³-hybridized carbons (Fsp3) is 0.263. The molecule has 0 aliphatic heterocycles. The predicted octanol–water partition coefficient (Wildman–Crippen LogP) is 4.99. The molecule has 2 aromatic carbocycles. The first kappa shape index (κ1) is 19.3. The molecule has 0 radical (unpaired) electrons. The second-order valence-corrected chi connectivity index (χ2v) is 6.73. The van der Waals surface area contributed by atoms with Gasteiger partial charge in [-0.25, -0.2) is 0 Å². The number of aryl methyl sites for hydroxylation is 2. The first-order valence-electron chi connectivity index (χ1n) is 7.88. The van der Waals surface area contributed by atoms with Gasteiger partial charge in [-0.3, -0.25) is 9.59 Å². The Balaban J connectivity index is 2.07. The first-order valence-corrected chi connectivity index (χ1v) is 8.64. The molecule has 0 unspecified atom stereocenters. The first-order chi connectivity index (χ1) is 11.8. The van der Waals surface area contributed by atoms with Gasteiger partial charge in [0, 0.05) is 30.6 Å². The van der Waals surface area contributed by atoms with E-state index in [-0.39, 0.29) is 24.8 Å². The summed E-state index contributed by atoms with van der Waals surface area (Å²) < 4.78 is 0. The van der Waals surface area contributed by atoms with Crippen molar-refractivity contribution >= 4 is 46.4 Å². The van der Waals surface area contributed by atoms with Gasteiger partial charge in [0.05, 0.1) is 10.7 Å². The highest BCUT2D eigenvalue weighted by Gasteiger charge is 2.17. The lowest BCUT2D eigenvalue weighted by Crippen LogP contribution is -2.32. The van der Waals surface area contributed by atoms with Crippen LogP contribution in [0.2, 0.25) is 10.0 Å². The molecule has 25 heavy (non-hydrogen) atoms. The van der Waals surface area contributed by atoms with Crippen LogP contribution >= 0.6 is 23.2 Å². The molecule has 0 aliphatic carbocycles. The van der Waals surface area contributed by atoms with Crippen molar-refractivity contribution in [3.05, 3.63) is 57.6 Å². The van der Waals surface area contributed by atoms with Crippen LogP contribution in [0.15, 0.2) is 36.4 Å². The summed E-state index contributed by atoms with van der Waals surface area (Å²) in [5.41, 5.74) is 3.40. The lowest BCUT2D eigenvalue weighted by Gasteiger charge is -2.22.